The molecule has 1 aromatic carbocycles. The van der Waals surface area contributed by atoms with Crippen molar-refractivity contribution in [2.75, 3.05) is 0 Å². The first-order valence-corrected chi connectivity index (χ1v) is 10.8. The number of phosphoric acid groups is 1. The van der Waals surface area contributed by atoms with Gasteiger partial charge in [0.25, 0.3) is 20.2 Å². The number of phenolic OH excluding ortho intramolecular Hbond substituents is 1. The summed E-state index contributed by atoms with van der Waals surface area (Å²) >= 11 is -2.17. The highest BCUT2D eigenvalue weighted by atomic mass is 127. The lowest BCUT2D eigenvalue weighted by atomic mass is 10.3. The molecule has 1 rings (SSSR count). The fraction of sp³-hybridized carbons (Fsp3) is 0. The van der Waals surface area contributed by atoms with E-state index in [1.807, 2.05) is 0 Å². The zero-order chi connectivity index (χ0) is 17.9. The smallest absolute Gasteiger partial charge is 0.466 e. The molecule has 0 unspecified atom stereocenters. The molecule has 0 saturated carbocycles. The van der Waals surface area contributed by atoms with Crippen LogP contribution in [0.15, 0.2) is 21.9 Å². The van der Waals surface area contributed by atoms with Crippen LogP contribution in [0.2, 0.25) is 0 Å². The number of aromatic hydroxyl groups is 1. The molecule has 1 aromatic rings. The molecule has 0 bridgehead atoms. The second-order valence-electron chi connectivity index (χ2n) is 3.30. The molecular formula is C6H8IO12PS2. The summed E-state index contributed by atoms with van der Waals surface area (Å²) in [6.45, 7) is 0. The largest absolute Gasteiger partial charge is 0.507 e. The van der Waals surface area contributed by atoms with Crippen LogP contribution in [0, 0.1) is 3.57 Å². The Kier molecular flexibility index (Phi) is 7.19. The van der Waals surface area contributed by atoms with E-state index in [-0.39, 0.29) is 0 Å². The molecule has 128 valence electrons. The second kappa shape index (κ2) is 7.37. The lowest BCUT2D eigenvalue weighted by Crippen LogP contribution is -2.05. The Morgan fingerprint density at radius 1 is 0.955 bits per heavy atom. The van der Waals surface area contributed by atoms with E-state index in [0.29, 0.717) is 12.1 Å². The minimum absolute atomic E-state index is 0.414. The second-order valence-corrected chi connectivity index (χ2v) is 8.65. The van der Waals surface area contributed by atoms with E-state index in [9.17, 15) is 25.0 Å². The molecule has 6 N–H and O–H groups in total. The highest BCUT2D eigenvalue weighted by Gasteiger charge is 2.24. The van der Waals surface area contributed by atoms with E-state index >= 15 is 0 Å². The van der Waals surface area contributed by atoms with E-state index in [4.69, 9.17) is 28.4 Å². The molecule has 0 fully saturated rings. The number of benzene rings is 1. The van der Waals surface area contributed by atoms with E-state index in [1.54, 1.807) is 0 Å². The summed E-state index contributed by atoms with van der Waals surface area (Å²) in [6.07, 6.45) is 0. The fourth-order valence-corrected chi connectivity index (χ4v) is 3.98. The summed E-state index contributed by atoms with van der Waals surface area (Å²) in [5.41, 5.74) is 0. The van der Waals surface area contributed by atoms with E-state index in [0.717, 1.165) is 0 Å². The van der Waals surface area contributed by atoms with Crippen LogP contribution in [0.25, 0.3) is 0 Å². The number of hydrogen-bond acceptors (Lipinski definition) is 7. The summed E-state index contributed by atoms with van der Waals surface area (Å²) in [7, 11) is -14.3. The molecule has 12 nitrogen and oxygen atoms in total. The molecule has 0 aliphatic rings. The van der Waals surface area contributed by atoms with Gasteiger partial charge in [-0.3, -0.25) is 12.2 Å². The summed E-state index contributed by atoms with van der Waals surface area (Å²) in [5.74, 6) is -0.893. The predicted octanol–water partition coefficient (Wildman–Crippen LogP) is -0.557. The zero-order valence-corrected chi connectivity index (χ0v) is 14.6. The van der Waals surface area contributed by atoms with Gasteiger partial charge in [0.15, 0.2) is 21.2 Å². The fourth-order valence-electron chi connectivity index (χ4n) is 0.973. The first kappa shape index (κ1) is 21.5. The van der Waals surface area contributed by atoms with E-state index < -0.39 is 68.4 Å². The minimum Gasteiger partial charge on any atom is -0.507 e. The predicted molar refractivity (Wildman–Crippen MR) is 75.4 cm³/mol. The van der Waals surface area contributed by atoms with Crippen molar-refractivity contribution in [1.82, 2.24) is 0 Å². The molecule has 22 heavy (non-hydrogen) atoms. The number of hydrogen-bond donors (Lipinski definition) is 6. The van der Waals surface area contributed by atoms with Crippen molar-refractivity contribution < 1.29 is 53.4 Å². The average Bonchev–Trinajstić information content (AvgIpc) is 2.22. The zero-order valence-electron chi connectivity index (χ0n) is 9.93. The van der Waals surface area contributed by atoms with Gasteiger partial charge in [-0.1, -0.05) is 0 Å². The molecule has 0 aliphatic carbocycles. The van der Waals surface area contributed by atoms with Crippen LogP contribution in [0.5, 0.6) is 5.75 Å². The van der Waals surface area contributed by atoms with Crippen LogP contribution in [0.1, 0.15) is 0 Å². The van der Waals surface area contributed by atoms with Crippen LogP contribution in [-0.2, 0) is 27.9 Å². The minimum atomic E-state index is -4.86. The third-order valence-electron chi connectivity index (χ3n) is 1.65. The maximum atomic E-state index is 10.9. The lowest BCUT2D eigenvalue weighted by molar-refractivity contribution is 0.275. The standard InChI is InChI=1S/C6H5IO8S2.H3O4P/c8-4-1-3(16(10,11)12)2-5(6(4)7-9)17(13,14)15;1-5(2,3)4/h1-2,8H,(H,10,11,12)(H,13,14,15);(H3,1,2,3,4). The maximum Gasteiger partial charge on any atom is 0.466 e. The summed E-state index contributed by atoms with van der Waals surface area (Å²) in [4.78, 5) is 19.6. The van der Waals surface area contributed by atoms with Crippen molar-refractivity contribution in [2.24, 2.45) is 0 Å². The van der Waals surface area contributed by atoms with E-state index in [2.05, 4.69) is 0 Å². The molecule has 0 spiro atoms. The van der Waals surface area contributed by atoms with Crippen LogP contribution in [0.4, 0.5) is 0 Å². The number of halogens is 1. The Hall–Kier alpha value is -0.520. The van der Waals surface area contributed by atoms with Gasteiger partial charge in [0.05, 0.1) is 4.90 Å². The molecule has 0 radical (unpaired) electrons. The monoisotopic (exact) mass is 494 g/mol. The summed E-state index contributed by atoms with van der Waals surface area (Å²) in [6, 6.07) is 0.953. The van der Waals surface area contributed by atoms with Crippen molar-refractivity contribution in [2.45, 2.75) is 9.79 Å². The SMILES string of the molecule is O=Ic1c(O)cc(S(=O)(=O)O)cc1S(=O)(=O)O.O=P(O)(O)O. The maximum absolute atomic E-state index is 10.9. The topological polar surface area (TPSA) is 224 Å². The quantitative estimate of drug-likeness (QED) is 0.177. The highest BCUT2D eigenvalue weighted by molar-refractivity contribution is 14.1. The number of rotatable bonds is 3. The van der Waals surface area contributed by atoms with Crippen molar-refractivity contribution in [3.8, 4) is 5.75 Å². The Bertz CT molecular complexity index is 813. The molecule has 16 heteroatoms. The first-order valence-electron chi connectivity index (χ1n) is 4.44. The molecule has 0 aromatic heterocycles. The van der Waals surface area contributed by atoms with Crippen LogP contribution in [0.3, 0.4) is 0 Å². The Morgan fingerprint density at radius 2 is 1.36 bits per heavy atom. The molecule has 0 atom stereocenters. The van der Waals surface area contributed by atoms with Gasteiger partial charge in [0.2, 0.25) is 0 Å². The Morgan fingerprint density at radius 3 is 1.64 bits per heavy atom. The molecule has 0 saturated heterocycles. The van der Waals surface area contributed by atoms with Gasteiger partial charge in [-0.2, -0.15) is 16.8 Å². The van der Waals surface area contributed by atoms with Gasteiger partial charge in [0, 0.05) is 6.07 Å². The van der Waals surface area contributed by atoms with Crippen molar-refractivity contribution in [3.05, 3.63) is 15.7 Å². The molecule has 0 amide bonds. The summed E-state index contributed by atoms with van der Waals surface area (Å²) in [5, 5.41) is 9.28. The van der Waals surface area contributed by atoms with Gasteiger partial charge in [-0.15, -0.1) is 0 Å². The third-order valence-corrected chi connectivity index (χ3v) is 5.30. The van der Waals surface area contributed by atoms with Gasteiger partial charge in [-0.05, 0) is 6.07 Å². The third kappa shape index (κ3) is 7.65. The van der Waals surface area contributed by atoms with Crippen LogP contribution >= 0.6 is 29.0 Å². The molecule has 0 aliphatic heterocycles. The van der Waals surface area contributed by atoms with Crippen molar-refractivity contribution >= 4 is 49.3 Å². The van der Waals surface area contributed by atoms with Gasteiger partial charge >= 0.3 is 7.82 Å². The normalized spacial score (nSPS) is 12.4. The van der Waals surface area contributed by atoms with Gasteiger partial charge in [0.1, 0.15) is 14.2 Å². The Labute approximate surface area is 133 Å². The average molecular weight is 494 g/mol. The van der Waals surface area contributed by atoms with Crippen LogP contribution in [-0.4, -0.2) is 45.7 Å². The Balaban J connectivity index is 0.000000763. The first-order chi connectivity index (χ1) is 9.57. The molecule has 0 heterocycles. The van der Waals surface area contributed by atoms with Gasteiger partial charge < -0.3 is 19.8 Å². The number of phenols is 1. The highest BCUT2D eigenvalue weighted by Crippen LogP contribution is 2.32. The van der Waals surface area contributed by atoms with Crippen molar-refractivity contribution in [1.29, 1.82) is 0 Å². The lowest BCUT2D eigenvalue weighted by Gasteiger charge is -2.05. The summed E-state index contributed by atoms with van der Waals surface area (Å²) < 4.78 is 79.8. The van der Waals surface area contributed by atoms with E-state index in [1.165, 1.54) is 0 Å². The van der Waals surface area contributed by atoms with Gasteiger partial charge in [-0.25, -0.2) is 4.57 Å². The van der Waals surface area contributed by atoms with Crippen LogP contribution < -0.4 is 0 Å². The molecular weight excluding hydrogens is 486 g/mol. The van der Waals surface area contributed by atoms with Crippen molar-refractivity contribution in [3.63, 3.8) is 0 Å².